The van der Waals surface area contributed by atoms with E-state index in [1.807, 2.05) is 12.1 Å². The fraction of sp³-hybridized carbons (Fsp3) is 0.130. The van der Waals surface area contributed by atoms with Crippen molar-refractivity contribution in [3.8, 4) is 22.6 Å². The highest BCUT2D eigenvalue weighted by atomic mass is 35.5. The van der Waals surface area contributed by atoms with Gasteiger partial charge in [0.2, 0.25) is 0 Å². The van der Waals surface area contributed by atoms with E-state index in [4.69, 9.17) is 34.5 Å². The van der Waals surface area contributed by atoms with Gasteiger partial charge in [-0.2, -0.15) is 0 Å². The van der Waals surface area contributed by atoms with Gasteiger partial charge >= 0.3 is 5.97 Å². The summed E-state index contributed by atoms with van der Waals surface area (Å²) in [5, 5.41) is 11.1. The molecule has 0 atom stereocenters. The molecule has 1 N–H and O–H groups in total. The number of hydrogen-bond donors (Lipinski definition) is 1. The average Bonchev–Trinajstić information content (AvgIpc) is 2.75. The molecule has 0 radical (unpaired) electrons. The zero-order valence-electron chi connectivity index (χ0n) is 16.0. The summed E-state index contributed by atoms with van der Waals surface area (Å²) >= 11 is 12.8. The van der Waals surface area contributed by atoms with Crippen molar-refractivity contribution in [3.63, 3.8) is 0 Å². The van der Waals surface area contributed by atoms with Gasteiger partial charge in [-0.15, -0.1) is 0 Å². The van der Waals surface area contributed by atoms with Gasteiger partial charge in [0, 0.05) is 22.0 Å². The number of aromatic hydroxyl groups is 1. The smallest absolute Gasteiger partial charge is 0.343 e. The number of benzene rings is 3. The van der Waals surface area contributed by atoms with E-state index < -0.39 is 5.97 Å². The van der Waals surface area contributed by atoms with E-state index in [9.17, 15) is 9.90 Å². The van der Waals surface area contributed by atoms with Gasteiger partial charge in [0.25, 0.3) is 0 Å². The zero-order chi connectivity index (χ0) is 21.7. The molecule has 0 unspecified atom stereocenters. The van der Waals surface area contributed by atoms with Crippen LogP contribution in [0.4, 0.5) is 5.69 Å². The van der Waals surface area contributed by atoms with Crippen LogP contribution in [0, 0.1) is 6.57 Å². The maximum atomic E-state index is 11.2. The topological polar surface area (TPSA) is 60.1 Å². The van der Waals surface area contributed by atoms with Gasteiger partial charge in [0.15, 0.2) is 12.3 Å². The number of methoxy groups -OCH3 is 1. The molecule has 0 saturated carbocycles. The lowest BCUT2D eigenvalue weighted by molar-refractivity contribution is -0.142. The van der Waals surface area contributed by atoms with Gasteiger partial charge in [-0.3, -0.25) is 0 Å². The summed E-state index contributed by atoms with van der Waals surface area (Å²) in [6.45, 7) is 6.93. The highest BCUT2D eigenvalue weighted by molar-refractivity contribution is 6.36. The first-order valence-electron chi connectivity index (χ1n) is 8.88. The highest BCUT2D eigenvalue weighted by Crippen LogP contribution is 2.35. The van der Waals surface area contributed by atoms with E-state index >= 15 is 0 Å². The molecule has 30 heavy (non-hydrogen) atoms. The lowest BCUT2D eigenvalue weighted by atomic mass is 9.98. The largest absolute Gasteiger partial charge is 0.507 e. The molecule has 152 valence electrons. The number of esters is 1. The van der Waals surface area contributed by atoms with Gasteiger partial charge in [0.05, 0.1) is 13.7 Å². The van der Waals surface area contributed by atoms with Crippen molar-refractivity contribution >= 4 is 34.9 Å². The van der Waals surface area contributed by atoms with Crippen LogP contribution in [0.5, 0.6) is 11.5 Å². The van der Waals surface area contributed by atoms with Crippen molar-refractivity contribution < 1.29 is 19.4 Å². The molecule has 0 amide bonds. The summed E-state index contributed by atoms with van der Waals surface area (Å²) in [5.41, 5.74) is 3.42. The van der Waals surface area contributed by atoms with Crippen LogP contribution in [0.1, 0.15) is 11.1 Å². The Morgan fingerprint density at radius 1 is 1.10 bits per heavy atom. The zero-order valence-corrected chi connectivity index (χ0v) is 17.5. The molecule has 0 fully saturated rings. The van der Waals surface area contributed by atoms with Crippen molar-refractivity contribution in [2.45, 2.75) is 6.42 Å². The molecule has 3 aromatic carbocycles. The molecule has 0 aromatic heterocycles. The van der Waals surface area contributed by atoms with Gasteiger partial charge in [-0.25, -0.2) is 9.64 Å². The Morgan fingerprint density at radius 2 is 1.83 bits per heavy atom. The number of rotatable bonds is 6. The molecule has 0 heterocycles. The second-order valence-electron chi connectivity index (χ2n) is 6.42. The first kappa shape index (κ1) is 21.5. The number of phenols is 1. The average molecular weight is 442 g/mol. The van der Waals surface area contributed by atoms with E-state index in [1.54, 1.807) is 42.5 Å². The van der Waals surface area contributed by atoms with E-state index in [0.29, 0.717) is 39.0 Å². The summed E-state index contributed by atoms with van der Waals surface area (Å²) in [5.74, 6) is -0.0311. The monoisotopic (exact) mass is 441 g/mol. The van der Waals surface area contributed by atoms with Gasteiger partial charge < -0.3 is 14.6 Å². The molecule has 0 spiro atoms. The van der Waals surface area contributed by atoms with Crippen LogP contribution in [-0.2, 0) is 16.0 Å². The maximum absolute atomic E-state index is 11.2. The summed E-state index contributed by atoms with van der Waals surface area (Å²) in [7, 11) is 1.28. The Kier molecular flexibility index (Phi) is 6.83. The van der Waals surface area contributed by atoms with E-state index in [0.717, 1.165) is 11.1 Å². The Morgan fingerprint density at radius 3 is 2.50 bits per heavy atom. The minimum Gasteiger partial charge on any atom is -0.507 e. The van der Waals surface area contributed by atoms with E-state index in [2.05, 4.69) is 9.58 Å². The Hall–Kier alpha value is -3.20. The summed E-state index contributed by atoms with van der Waals surface area (Å²) in [4.78, 5) is 14.7. The number of halogens is 2. The normalized spacial score (nSPS) is 10.3. The van der Waals surface area contributed by atoms with Crippen molar-refractivity contribution in [2.75, 3.05) is 13.7 Å². The van der Waals surface area contributed by atoms with E-state index in [-0.39, 0.29) is 12.4 Å². The number of carbonyl (C=O) groups excluding carboxylic acids is 1. The summed E-state index contributed by atoms with van der Waals surface area (Å²) in [6.07, 6.45) is 0.421. The van der Waals surface area contributed by atoms with Crippen LogP contribution in [0.2, 0.25) is 10.0 Å². The Labute approximate surface area is 184 Å². The first-order chi connectivity index (χ1) is 14.4. The molecule has 0 aliphatic heterocycles. The molecule has 0 aliphatic carbocycles. The molecule has 3 rings (SSSR count). The highest BCUT2D eigenvalue weighted by Gasteiger charge is 2.13. The molecular formula is C23H17Cl2NO4. The summed E-state index contributed by atoms with van der Waals surface area (Å²) < 4.78 is 9.88. The second kappa shape index (κ2) is 9.53. The molecule has 0 saturated heterocycles. The molecule has 0 bridgehead atoms. The quantitative estimate of drug-likeness (QED) is 0.373. The lowest BCUT2D eigenvalue weighted by Crippen LogP contribution is -2.12. The molecular weight excluding hydrogens is 425 g/mol. The molecule has 0 aliphatic rings. The molecule has 5 nitrogen and oxygen atoms in total. The maximum Gasteiger partial charge on any atom is 0.343 e. The predicted octanol–water partition coefficient (Wildman–Crippen LogP) is 6.06. The van der Waals surface area contributed by atoms with Crippen molar-refractivity contribution in [1.29, 1.82) is 0 Å². The third-order valence-corrected chi connectivity index (χ3v) is 5.10. The number of hydrogen-bond acceptors (Lipinski definition) is 4. The van der Waals surface area contributed by atoms with Crippen LogP contribution in [0.25, 0.3) is 16.0 Å². The number of ether oxygens (including phenoxy) is 2. The van der Waals surface area contributed by atoms with Crippen LogP contribution < -0.4 is 4.74 Å². The molecule has 3 aromatic rings. The third-order valence-electron chi connectivity index (χ3n) is 4.43. The number of carbonyl (C=O) groups is 1. The Balaban J connectivity index is 1.88. The van der Waals surface area contributed by atoms with Gasteiger partial charge in [0.1, 0.15) is 11.5 Å². The fourth-order valence-electron chi connectivity index (χ4n) is 2.90. The number of phenolic OH excluding ortho intramolecular Hbond substituents is 1. The van der Waals surface area contributed by atoms with Crippen molar-refractivity contribution in [1.82, 2.24) is 0 Å². The lowest BCUT2D eigenvalue weighted by Gasteiger charge is -2.13. The fourth-order valence-corrected chi connectivity index (χ4v) is 3.51. The van der Waals surface area contributed by atoms with Crippen molar-refractivity contribution in [2.24, 2.45) is 0 Å². The standard InChI is InChI=1S/C23H17Cl2NO4/c1-26-16-5-3-4-15(10-16)18-8-14(6-7-22(18)27)9-19-20(24)11-17(12-21(19)25)30-13-23(28)29-2/h3-8,10-12,27H,9,13H2,2H3. The second-order valence-corrected chi connectivity index (χ2v) is 7.24. The Bertz CT molecular complexity index is 1120. The number of nitrogens with zero attached hydrogens (tertiary/aromatic N) is 1. The van der Waals surface area contributed by atoms with Crippen LogP contribution in [0.3, 0.4) is 0 Å². The van der Waals surface area contributed by atoms with Crippen LogP contribution in [-0.4, -0.2) is 24.8 Å². The predicted molar refractivity (Wildman–Crippen MR) is 117 cm³/mol. The SMILES string of the molecule is [C-]#[N+]c1cccc(-c2cc(Cc3c(Cl)cc(OCC(=O)OC)cc3Cl)ccc2O)c1. The van der Waals surface area contributed by atoms with Gasteiger partial charge in [-0.1, -0.05) is 47.5 Å². The summed E-state index contributed by atoms with van der Waals surface area (Å²) in [6, 6.07) is 15.4. The van der Waals surface area contributed by atoms with E-state index in [1.165, 1.54) is 7.11 Å². The van der Waals surface area contributed by atoms with Gasteiger partial charge in [-0.05, 0) is 47.0 Å². The van der Waals surface area contributed by atoms with Crippen molar-refractivity contribution in [3.05, 3.63) is 87.2 Å². The third kappa shape index (κ3) is 5.04. The molecule has 7 heteroatoms. The van der Waals surface area contributed by atoms with Crippen LogP contribution >= 0.6 is 23.2 Å². The van der Waals surface area contributed by atoms with Crippen LogP contribution in [0.15, 0.2) is 54.6 Å². The first-order valence-corrected chi connectivity index (χ1v) is 9.64. The minimum atomic E-state index is -0.509. The minimum absolute atomic E-state index is 0.115.